The summed E-state index contributed by atoms with van der Waals surface area (Å²) in [5.41, 5.74) is 2.82. The van der Waals surface area contributed by atoms with Gasteiger partial charge >= 0.3 is 0 Å². The molecule has 0 amide bonds. The molecule has 3 nitrogen and oxygen atoms in total. The Morgan fingerprint density at radius 1 is 1.20 bits per heavy atom. The third-order valence-electron chi connectivity index (χ3n) is 2.89. The SMILES string of the molecule is COc1cc(C=O)cc(Br)c1OCc1ccc(C)cc1. The molecule has 0 aliphatic heterocycles. The van der Waals surface area contributed by atoms with Crippen molar-refractivity contribution in [3.05, 3.63) is 57.6 Å². The van der Waals surface area contributed by atoms with Crippen molar-refractivity contribution in [2.24, 2.45) is 0 Å². The van der Waals surface area contributed by atoms with Gasteiger partial charge in [0, 0.05) is 5.56 Å². The zero-order chi connectivity index (χ0) is 14.5. The third kappa shape index (κ3) is 3.39. The van der Waals surface area contributed by atoms with Gasteiger partial charge < -0.3 is 9.47 Å². The summed E-state index contributed by atoms with van der Waals surface area (Å²) in [4.78, 5) is 10.8. The molecule has 2 aromatic carbocycles. The van der Waals surface area contributed by atoms with E-state index in [1.807, 2.05) is 31.2 Å². The van der Waals surface area contributed by atoms with Crippen LogP contribution in [0.15, 0.2) is 40.9 Å². The van der Waals surface area contributed by atoms with E-state index < -0.39 is 0 Å². The van der Waals surface area contributed by atoms with Crippen molar-refractivity contribution in [3.63, 3.8) is 0 Å². The van der Waals surface area contributed by atoms with Crippen LogP contribution < -0.4 is 9.47 Å². The van der Waals surface area contributed by atoms with E-state index in [0.29, 0.717) is 28.1 Å². The first kappa shape index (κ1) is 14.6. The Morgan fingerprint density at radius 2 is 1.90 bits per heavy atom. The predicted molar refractivity (Wildman–Crippen MR) is 81.6 cm³/mol. The second-order valence-corrected chi connectivity index (χ2v) is 5.28. The number of rotatable bonds is 5. The first-order chi connectivity index (χ1) is 9.63. The average Bonchev–Trinajstić information content (AvgIpc) is 2.47. The van der Waals surface area contributed by atoms with Crippen LogP contribution in [0.3, 0.4) is 0 Å². The topological polar surface area (TPSA) is 35.5 Å². The third-order valence-corrected chi connectivity index (χ3v) is 3.48. The summed E-state index contributed by atoms with van der Waals surface area (Å²) in [6.07, 6.45) is 0.775. The monoisotopic (exact) mass is 334 g/mol. The zero-order valence-corrected chi connectivity index (χ0v) is 12.9. The maximum absolute atomic E-state index is 10.8. The number of ether oxygens (including phenoxy) is 2. The first-order valence-corrected chi connectivity index (χ1v) is 6.94. The minimum atomic E-state index is 0.440. The highest BCUT2D eigenvalue weighted by Gasteiger charge is 2.11. The molecule has 104 valence electrons. The van der Waals surface area contributed by atoms with Crippen LogP contribution in [0.1, 0.15) is 21.5 Å². The van der Waals surface area contributed by atoms with E-state index in [1.54, 1.807) is 19.2 Å². The van der Waals surface area contributed by atoms with Crippen molar-refractivity contribution in [1.29, 1.82) is 0 Å². The molecule has 0 saturated heterocycles. The van der Waals surface area contributed by atoms with Crippen LogP contribution in [0.2, 0.25) is 0 Å². The summed E-state index contributed by atoms with van der Waals surface area (Å²) in [5.74, 6) is 1.13. The predicted octanol–water partition coefficient (Wildman–Crippen LogP) is 4.16. The molecule has 4 heteroatoms. The quantitative estimate of drug-likeness (QED) is 0.770. The number of hydrogen-bond donors (Lipinski definition) is 0. The highest BCUT2D eigenvalue weighted by Crippen LogP contribution is 2.36. The maximum atomic E-state index is 10.8. The van der Waals surface area contributed by atoms with E-state index in [1.165, 1.54) is 5.56 Å². The normalized spacial score (nSPS) is 10.2. The minimum Gasteiger partial charge on any atom is -0.493 e. The fraction of sp³-hybridized carbons (Fsp3) is 0.188. The van der Waals surface area contributed by atoms with Crippen molar-refractivity contribution in [2.45, 2.75) is 13.5 Å². The molecule has 0 fully saturated rings. The van der Waals surface area contributed by atoms with Gasteiger partial charge in [0.05, 0.1) is 11.6 Å². The number of carbonyl (C=O) groups excluding carboxylic acids is 1. The van der Waals surface area contributed by atoms with Crippen molar-refractivity contribution < 1.29 is 14.3 Å². The van der Waals surface area contributed by atoms with Gasteiger partial charge in [0.2, 0.25) is 0 Å². The Balaban J connectivity index is 2.20. The van der Waals surface area contributed by atoms with Gasteiger partial charge in [0.15, 0.2) is 11.5 Å². The van der Waals surface area contributed by atoms with Crippen molar-refractivity contribution >= 4 is 22.2 Å². The molecule has 0 radical (unpaired) electrons. The fourth-order valence-electron chi connectivity index (χ4n) is 1.79. The van der Waals surface area contributed by atoms with Crippen LogP contribution in [-0.4, -0.2) is 13.4 Å². The molecule has 0 spiro atoms. The maximum Gasteiger partial charge on any atom is 0.175 e. The van der Waals surface area contributed by atoms with Gasteiger partial charge in [-0.2, -0.15) is 0 Å². The van der Waals surface area contributed by atoms with E-state index in [-0.39, 0.29) is 0 Å². The van der Waals surface area contributed by atoms with Crippen LogP contribution >= 0.6 is 15.9 Å². The van der Waals surface area contributed by atoms with Gasteiger partial charge in [-0.25, -0.2) is 0 Å². The fourth-order valence-corrected chi connectivity index (χ4v) is 2.36. The number of halogens is 1. The second-order valence-electron chi connectivity index (χ2n) is 4.43. The molecule has 0 aliphatic carbocycles. The lowest BCUT2D eigenvalue weighted by molar-refractivity contribution is 0.112. The van der Waals surface area contributed by atoms with E-state index in [0.717, 1.165) is 11.8 Å². The van der Waals surface area contributed by atoms with Gasteiger partial charge in [-0.05, 0) is 40.5 Å². The second kappa shape index (κ2) is 6.57. The Labute approximate surface area is 126 Å². The first-order valence-electron chi connectivity index (χ1n) is 6.15. The molecule has 0 aromatic heterocycles. The number of aldehydes is 1. The molecular formula is C16H15BrO3. The summed E-state index contributed by atoms with van der Waals surface area (Å²) in [5, 5.41) is 0. The number of aryl methyl sites for hydroxylation is 1. The summed E-state index contributed by atoms with van der Waals surface area (Å²) >= 11 is 3.40. The molecule has 0 aliphatic rings. The van der Waals surface area contributed by atoms with Crippen LogP contribution in [0.5, 0.6) is 11.5 Å². The number of hydrogen-bond acceptors (Lipinski definition) is 3. The lowest BCUT2D eigenvalue weighted by atomic mass is 10.2. The van der Waals surface area contributed by atoms with E-state index in [9.17, 15) is 4.79 Å². The van der Waals surface area contributed by atoms with Crippen LogP contribution in [0, 0.1) is 6.92 Å². The molecule has 0 heterocycles. The molecular weight excluding hydrogens is 320 g/mol. The molecule has 0 saturated carbocycles. The minimum absolute atomic E-state index is 0.440. The Kier molecular flexibility index (Phi) is 4.79. The molecule has 2 aromatic rings. The molecule has 0 N–H and O–H groups in total. The van der Waals surface area contributed by atoms with Crippen molar-refractivity contribution in [3.8, 4) is 11.5 Å². The van der Waals surface area contributed by atoms with E-state index >= 15 is 0 Å². The smallest absolute Gasteiger partial charge is 0.175 e. The summed E-state index contributed by atoms with van der Waals surface area (Å²) in [6.45, 7) is 2.48. The summed E-state index contributed by atoms with van der Waals surface area (Å²) < 4.78 is 11.8. The van der Waals surface area contributed by atoms with Crippen LogP contribution in [-0.2, 0) is 6.61 Å². The van der Waals surface area contributed by atoms with Crippen LogP contribution in [0.4, 0.5) is 0 Å². The van der Waals surface area contributed by atoms with E-state index in [4.69, 9.17) is 9.47 Å². The Morgan fingerprint density at radius 3 is 2.50 bits per heavy atom. The summed E-state index contributed by atoms with van der Waals surface area (Å²) in [7, 11) is 1.55. The number of carbonyl (C=O) groups is 1. The Bertz CT molecular complexity index is 606. The largest absolute Gasteiger partial charge is 0.493 e. The highest BCUT2D eigenvalue weighted by atomic mass is 79.9. The number of benzene rings is 2. The van der Waals surface area contributed by atoms with Gasteiger partial charge in [0.25, 0.3) is 0 Å². The molecule has 0 bridgehead atoms. The lowest BCUT2D eigenvalue weighted by Gasteiger charge is -2.13. The highest BCUT2D eigenvalue weighted by molar-refractivity contribution is 9.10. The molecule has 0 unspecified atom stereocenters. The average molecular weight is 335 g/mol. The standard InChI is InChI=1S/C16H15BrO3/c1-11-3-5-12(6-4-11)10-20-16-14(17)7-13(9-18)8-15(16)19-2/h3-9H,10H2,1-2H3. The van der Waals surface area contributed by atoms with Gasteiger partial charge in [-0.3, -0.25) is 4.79 Å². The molecule has 0 atom stereocenters. The zero-order valence-electron chi connectivity index (χ0n) is 11.4. The molecule has 20 heavy (non-hydrogen) atoms. The van der Waals surface area contributed by atoms with Crippen molar-refractivity contribution in [2.75, 3.05) is 7.11 Å². The van der Waals surface area contributed by atoms with Crippen LogP contribution in [0.25, 0.3) is 0 Å². The van der Waals surface area contributed by atoms with Gasteiger partial charge in [0.1, 0.15) is 12.9 Å². The van der Waals surface area contributed by atoms with Gasteiger partial charge in [-0.1, -0.05) is 29.8 Å². The Hall–Kier alpha value is -1.81. The summed E-state index contributed by atoms with van der Waals surface area (Å²) in [6, 6.07) is 11.5. The molecule has 2 rings (SSSR count). The van der Waals surface area contributed by atoms with E-state index in [2.05, 4.69) is 15.9 Å². The van der Waals surface area contributed by atoms with Crippen molar-refractivity contribution in [1.82, 2.24) is 0 Å². The number of methoxy groups -OCH3 is 1. The van der Waals surface area contributed by atoms with Gasteiger partial charge in [-0.15, -0.1) is 0 Å². The lowest BCUT2D eigenvalue weighted by Crippen LogP contribution is -1.99.